The van der Waals surface area contributed by atoms with Crippen LogP contribution in [0.15, 0.2) is 36.6 Å². The van der Waals surface area contributed by atoms with E-state index >= 15 is 0 Å². The predicted molar refractivity (Wildman–Crippen MR) is 103 cm³/mol. The Kier molecular flexibility index (Phi) is 3.79. The topological polar surface area (TPSA) is 61.3 Å². The van der Waals surface area contributed by atoms with Gasteiger partial charge < -0.3 is 15.3 Å². The van der Waals surface area contributed by atoms with Gasteiger partial charge in [-0.05, 0) is 55.0 Å². The van der Waals surface area contributed by atoms with Gasteiger partial charge >= 0.3 is 0 Å². The minimum absolute atomic E-state index is 0.221. The van der Waals surface area contributed by atoms with E-state index in [4.69, 9.17) is 9.97 Å². The maximum atomic E-state index is 13.6. The Hall–Kier alpha value is -2.99. The molecule has 0 fully saturated rings. The molecule has 1 aromatic carbocycles. The molecule has 2 aromatic rings. The second-order valence-electron chi connectivity index (χ2n) is 6.95. The van der Waals surface area contributed by atoms with Crippen LogP contribution < -0.4 is 20.8 Å². The number of benzene rings is 1. The Balaban J connectivity index is 1.72. The molecule has 5 nitrogen and oxygen atoms in total. The smallest absolute Gasteiger partial charge is 0.159 e. The predicted octanol–water partition coefficient (Wildman–Crippen LogP) is 1.14. The second-order valence-corrected chi connectivity index (χ2v) is 6.95. The highest BCUT2D eigenvalue weighted by Gasteiger charge is 2.25. The summed E-state index contributed by atoms with van der Waals surface area (Å²) in [6, 6.07) is 4.88. The van der Waals surface area contributed by atoms with E-state index in [2.05, 4.69) is 10.2 Å². The molecule has 3 aliphatic rings. The zero-order valence-electron chi connectivity index (χ0n) is 14.7. The molecule has 0 bridgehead atoms. The molecule has 3 heterocycles. The zero-order chi connectivity index (χ0) is 18.4. The molecule has 6 heteroatoms. The van der Waals surface area contributed by atoms with E-state index in [1.807, 2.05) is 30.5 Å². The number of nitrogens with zero attached hydrogens (tertiary/aromatic N) is 3. The number of hydrogen-bond donors (Lipinski definition) is 2. The van der Waals surface area contributed by atoms with Gasteiger partial charge in [-0.25, -0.2) is 14.4 Å². The first-order valence-corrected chi connectivity index (χ1v) is 9.12. The van der Waals surface area contributed by atoms with Gasteiger partial charge in [0.15, 0.2) is 5.82 Å². The van der Waals surface area contributed by atoms with Gasteiger partial charge in [-0.2, -0.15) is 0 Å². The molecule has 0 saturated carbocycles. The highest BCUT2D eigenvalue weighted by atomic mass is 19.1. The molecule has 1 atom stereocenters. The van der Waals surface area contributed by atoms with Gasteiger partial charge in [0.05, 0.1) is 11.5 Å². The van der Waals surface area contributed by atoms with Crippen LogP contribution in [0.3, 0.4) is 0 Å². The quantitative estimate of drug-likeness (QED) is 0.839. The average molecular weight is 362 g/mol. The molecule has 27 heavy (non-hydrogen) atoms. The zero-order valence-corrected chi connectivity index (χ0v) is 14.7. The summed E-state index contributed by atoms with van der Waals surface area (Å²) >= 11 is 0. The number of aliphatic hydroxyl groups is 1. The van der Waals surface area contributed by atoms with E-state index in [1.165, 1.54) is 6.07 Å². The number of nitrogens with one attached hydrogen (secondary N) is 1. The monoisotopic (exact) mass is 362 g/mol. The summed E-state index contributed by atoms with van der Waals surface area (Å²) < 4.78 is 13.6. The molecule has 0 saturated heterocycles. The summed E-state index contributed by atoms with van der Waals surface area (Å²) in [5.74, 6) is 1.23. The van der Waals surface area contributed by atoms with E-state index in [1.54, 1.807) is 12.1 Å². The molecule has 136 valence electrons. The van der Waals surface area contributed by atoms with E-state index in [0.717, 1.165) is 46.2 Å². The molecule has 2 N–H and O–H groups in total. The van der Waals surface area contributed by atoms with Gasteiger partial charge in [-0.3, -0.25) is 0 Å². The Morgan fingerprint density at radius 2 is 2.19 bits per heavy atom. The van der Waals surface area contributed by atoms with Crippen LogP contribution in [0.2, 0.25) is 0 Å². The van der Waals surface area contributed by atoms with Crippen molar-refractivity contribution < 1.29 is 9.50 Å². The van der Waals surface area contributed by atoms with Crippen LogP contribution >= 0.6 is 0 Å². The van der Waals surface area contributed by atoms with Crippen molar-refractivity contribution >= 4 is 29.2 Å². The van der Waals surface area contributed by atoms with E-state index < -0.39 is 6.10 Å². The molecule has 0 spiro atoms. The van der Waals surface area contributed by atoms with Crippen molar-refractivity contribution in [2.24, 2.45) is 0 Å². The van der Waals surface area contributed by atoms with Gasteiger partial charge in [-0.15, -0.1) is 0 Å². The maximum Gasteiger partial charge on any atom is 0.159 e. The number of allylic oxidation sites excluding steroid dienone is 2. The van der Waals surface area contributed by atoms with Crippen LogP contribution in [0.1, 0.15) is 17.8 Å². The molecule has 2 aliphatic heterocycles. The lowest BCUT2D eigenvalue weighted by atomic mass is 10.1. The standard InChI is InChI=1S/C21H19FN4O/c22-15-3-6-19-13(10-15)7-9-26(19)21-17-11-16(27)4-5-18(17)24-20(25-21)14-2-1-8-23-12-14/h1-3,5-6,8,10-11,16,23,27H,4,7,9,12H2. The minimum atomic E-state index is -0.542. The number of fused-ring (bicyclic) bond motifs is 2. The third-order valence-corrected chi connectivity index (χ3v) is 5.15. The number of halogens is 1. The second kappa shape index (κ2) is 6.32. The molecular formula is C21H19FN4O. The third kappa shape index (κ3) is 2.82. The Morgan fingerprint density at radius 3 is 3.04 bits per heavy atom. The van der Waals surface area contributed by atoms with E-state index in [9.17, 15) is 9.50 Å². The molecule has 0 amide bonds. The number of rotatable bonds is 2. The van der Waals surface area contributed by atoms with Crippen LogP contribution in [0.5, 0.6) is 0 Å². The number of aromatic nitrogens is 2. The van der Waals surface area contributed by atoms with Crippen LogP contribution in [0.4, 0.5) is 15.9 Å². The lowest BCUT2D eigenvalue weighted by Crippen LogP contribution is -2.40. The van der Waals surface area contributed by atoms with Crippen LogP contribution in [-0.4, -0.2) is 34.3 Å². The highest BCUT2D eigenvalue weighted by Crippen LogP contribution is 2.32. The molecule has 1 aliphatic carbocycles. The first-order chi connectivity index (χ1) is 13.2. The summed E-state index contributed by atoms with van der Waals surface area (Å²) in [6.45, 7) is 1.39. The van der Waals surface area contributed by atoms with Crippen molar-refractivity contribution in [1.29, 1.82) is 0 Å². The highest BCUT2D eigenvalue weighted by molar-refractivity contribution is 5.72. The number of anilines is 2. The summed E-state index contributed by atoms with van der Waals surface area (Å²) in [6.07, 6.45) is 10.4. The van der Waals surface area contributed by atoms with E-state index in [-0.39, 0.29) is 5.82 Å². The minimum Gasteiger partial charge on any atom is -0.389 e. The average Bonchev–Trinajstić information content (AvgIpc) is 3.10. The molecule has 1 aromatic heterocycles. The van der Waals surface area contributed by atoms with E-state index in [0.29, 0.717) is 18.8 Å². The van der Waals surface area contributed by atoms with Gasteiger partial charge in [0, 0.05) is 29.6 Å². The van der Waals surface area contributed by atoms with Crippen molar-refractivity contribution in [1.82, 2.24) is 15.3 Å². The fraction of sp³-hybridized carbons (Fsp3) is 0.238. The van der Waals surface area contributed by atoms with Crippen LogP contribution in [0.25, 0.3) is 17.7 Å². The van der Waals surface area contributed by atoms with Crippen molar-refractivity contribution in [2.45, 2.75) is 18.9 Å². The number of dihydropyridines is 1. The summed E-state index contributed by atoms with van der Waals surface area (Å²) in [5.41, 5.74) is 2.96. The maximum absolute atomic E-state index is 13.6. The van der Waals surface area contributed by atoms with Crippen molar-refractivity contribution in [3.63, 3.8) is 0 Å². The lowest BCUT2D eigenvalue weighted by Gasteiger charge is -2.22. The Morgan fingerprint density at radius 1 is 1.26 bits per heavy atom. The fourth-order valence-corrected chi connectivity index (χ4v) is 3.84. The van der Waals surface area contributed by atoms with Crippen LogP contribution in [-0.2, 0) is 6.42 Å². The fourth-order valence-electron chi connectivity index (χ4n) is 3.84. The summed E-state index contributed by atoms with van der Waals surface area (Å²) in [4.78, 5) is 11.7. The molecular weight excluding hydrogens is 343 g/mol. The molecule has 0 radical (unpaired) electrons. The number of hydrogen-bond acceptors (Lipinski definition) is 5. The Labute approximate surface area is 155 Å². The van der Waals surface area contributed by atoms with Crippen molar-refractivity contribution in [3.05, 3.63) is 64.3 Å². The first kappa shape index (κ1) is 16.2. The van der Waals surface area contributed by atoms with Gasteiger partial charge in [0.25, 0.3) is 0 Å². The Bertz CT molecular complexity index is 1110. The lowest BCUT2D eigenvalue weighted by molar-refractivity contribution is 0.244. The SMILES string of the molecule is OC1C=c2c(N3CCc4cc(F)ccc43)nc(C3=CC=CNC3)nc2=CC1. The number of aliphatic hydroxyl groups excluding tert-OH is 1. The van der Waals surface area contributed by atoms with Crippen molar-refractivity contribution in [2.75, 3.05) is 18.0 Å². The first-order valence-electron chi connectivity index (χ1n) is 9.12. The van der Waals surface area contributed by atoms with Crippen molar-refractivity contribution in [3.8, 4) is 0 Å². The third-order valence-electron chi connectivity index (χ3n) is 5.15. The van der Waals surface area contributed by atoms with Gasteiger partial charge in [0.1, 0.15) is 11.6 Å². The van der Waals surface area contributed by atoms with Crippen LogP contribution in [0, 0.1) is 5.82 Å². The summed E-state index contributed by atoms with van der Waals surface area (Å²) in [5, 5.41) is 15.0. The molecule has 5 rings (SSSR count). The van der Waals surface area contributed by atoms with Gasteiger partial charge in [-0.1, -0.05) is 12.2 Å². The van der Waals surface area contributed by atoms with Gasteiger partial charge in [0.2, 0.25) is 0 Å². The summed E-state index contributed by atoms with van der Waals surface area (Å²) in [7, 11) is 0. The largest absolute Gasteiger partial charge is 0.389 e. The molecule has 1 unspecified atom stereocenters. The normalized spacial score (nSPS) is 20.1.